The van der Waals surface area contributed by atoms with Gasteiger partial charge in [0.05, 0.1) is 0 Å². The first-order valence-corrected chi connectivity index (χ1v) is 6.89. The van der Waals surface area contributed by atoms with Crippen molar-refractivity contribution in [2.24, 2.45) is 5.73 Å². The zero-order valence-corrected chi connectivity index (χ0v) is 11.1. The zero-order valence-electron chi connectivity index (χ0n) is 11.1. The third-order valence-corrected chi connectivity index (χ3v) is 3.61. The van der Waals surface area contributed by atoms with E-state index in [2.05, 4.69) is 17.3 Å². The van der Waals surface area contributed by atoms with Gasteiger partial charge < -0.3 is 16.0 Å². The van der Waals surface area contributed by atoms with E-state index in [0.717, 1.165) is 25.6 Å². The standard InChI is InChI=1S/C13H27N3O/c1-16(12-6-3-2-4-7-12)11-5-9-15-10-8-13(14)17/h12,15H,2-11H2,1H3,(H2,14,17). The second-order valence-corrected chi connectivity index (χ2v) is 5.09. The first kappa shape index (κ1) is 14.5. The Morgan fingerprint density at radius 2 is 2.00 bits per heavy atom. The first-order valence-electron chi connectivity index (χ1n) is 6.89. The van der Waals surface area contributed by atoms with Crippen LogP contribution in [0.1, 0.15) is 44.9 Å². The molecule has 4 heteroatoms. The number of carbonyl (C=O) groups is 1. The van der Waals surface area contributed by atoms with Crippen molar-refractivity contribution in [2.45, 2.75) is 51.0 Å². The van der Waals surface area contributed by atoms with Crippen LogP contribution in [0.25, 0.3) is 0 Å². The van der Waals surface area contributed by atoms with Gasteiger partial charge in [-0.3, -0.25) is 4.79 Å². The number of hydrogen-bond acceptors (Lipinski definition) is 3. The van der Waals surface area contributed by atoms with Crippen molar-refractivity contribution in [1.29, 1.82) is 0 Å². The molecule has 1 aliphatic rings. The molecule has 0 aromatic heterocycles. The fourth-order valence-corrected chi connectivity index (χ4v) is 2.49. The monoisotopic (exact) mass is 241 g/mol. The maximum absolute atomic E-state index is 10.5. The second kappa shape index (κ2) is 8.48. The number of hydrogen-bond donors (Lipinski definition) is 2. The molecule has 0 spiro atoms. The van der Waals surface area contributed by atoms with Crippen LogP contribution in [-0.2, 0) is 4.79 Å². The Labute approximate surface area is 105 Å². The largest absolute Gasteiger partial charge is 0.370 e. The Morgan fingerprint density at radius 1 is 1.29 bits per heavy atom. The van der Waals surface area contributed by atoms with E-state index >= 15 is 0 Å². The Hall–Kier alpha value is -0.610. The Morgan fingerprint density at radius 3 is 2.65 bits per heavy atom. The Kier molecular flexibility index (Phi) is 7.21. The number of primary amides is 1. The number of nitrogens with two attached hydrogens (primary N) is 1. The summed E-state index contributed by atoms with van der Waals surface area (Å²) in [7, 11) is 2.24. The van der Waals surface area contributed by atoms with E-state index in [0.29, 0.717) is 13.0 Å². The zero-order chi connectivity index (χ0) is 12.5. The van der Waals surface area contributed by atoms with E-state index in [-0.39, 0.29) is 5.91 Å². The molecule has 0 saturated heterocycles. The van der Waals surface area contributed by atoms with Gasteiger partial charge in [-0.05, 0) is 39.4 Å². The molecule has 0 radical (unpaired) electrons. The van der Waals surface area contributed by atoms with Gasteiger partial charge in [-0.15, -0.1) is 0 Å². The summed E-state index contributed by atoms with van der Waals surface area (Å²) in [6, 6.07) is 0.800. The van der Waals surface area contributed by atoms with Gasteiger partial charge in [0.15, 0.2) is 0 Å². The summed E-state index contributed by atoms with van der Waals surface area (Å²) in [5.41, 5.74) is 5.07. The van der Waals surface area contributed by atoms with E-state index in [9.17, 15) is 4.79 Å². The van der Waals surface area contributed by atoms with Crippen molar-refractivity contribution in [3.8, 4) is 0 Å². The van der Waals surface area contributed by atoms with Gasteiger partial charge >= 0.3 is 0 Å². The van der Waals surface area contributed by atoms with Crippen LogP contribution < -0.4 is 11.1 Å². The Bertz CT molecular complexity index is 215. The molecule has 1 aliphatic carbocycles. The molecule has 1 fully saturated rings. The topological polar surface area (TPSA) is 58.4 Å². The number of rotatable bonds is 8. The third kappa shape index (κ3) is 6.64. The quantitative estimate of drug-likeness (QED) is 0.626. The molecule has 3 N–H and O–H groups in total. The highest BCUT2D eigenvalue weighted by Crippen LogP contribution is 2.21. The van der Waals surface area contributed by atoms with Crippen LogP contribution in [0.3, 0.4) is 0 Å². The van der Waals surface area contributed by atoms with E-state index in [1.165, 1.54) is 32.1 Å². The van der Waals surface area contributed by atoms with Crippen LogP contribution in [0, 0.1) is 0 Å². The van der Waals surface area contributed by atoms with Gasteiger partial charge in [-0.1, -0.05) is 19.3 Å². The van der Waals surface area contributed by atoms with Crippen molar-refractivity contribution < 1.29 is 4.79 Å². The molecule has 0 bridgehead atoms. The summed E-state index contributed by atoms with van der Waals surface area (Å²) in [4.78, 5) is 13.0. The lowest BCUT2D eigenvalue weighted by molar-refractivity contribution is -0.117. The van der Waals surface area contributed by atoms with E-state index in [1.54, 1.807) is 0 Å². The van der Waals surface area contributed by atoms with Crippen molar-refractivity contribution in [3.05, 3.63) is 0 Å². The van der Waals surface area contributed by atoms with Crippen LogP contribution in [0.2, 0.25) is 0 Å². The molecular formula is C13H27N3O. The second-order valence-electron chi connectivity index (χ2n) is 5.09. The number of nitrogens with one attached hydrogen (secondary N) is 1. The number of amides is 1. The summed E-state index contributed by atoms with van der Waals surface area (Å²) in [5, 5.41) is 3.25. The highest BCUT2D eigenvalue weighted by atomic mass is 16.1. The fraction of sp³-hybridized carbons (Fsp3) is 0.923. The average molecular weight is 241 g/mol. The van der Waals surface area contributed by atoms with Crippen LogP contribution in [-0.4, -0.2) is 43.5 Å². The fourth-order valence-electron chi connectivity index (χ4n) is 2.49. The maximum Gasteiger partial charge on any atom is 0.218 e. The number of nitrogens with zero attached hydrogens (tertiary/aromatic N) is 1. The van der Waals surface area contributed by atoms with Crippen molar-refractivity contribution in [3.63, 3.8) is 0 Å². The first-order chi connectivity index (χ1) is 8.20. The van der Waals surface area contributed by atoms with Crippen molar-refractivity contribution in [2.75, 3.05) is 26.7 Å². The molecule has 4 nitrogen and oxygen atoms in total. The lowest BCUT2D eigenvalue weighted by Gasteiger charge is -2.31. The van der Waals surface area contributed by atoms with Crippen LogP contribution in [0.5, 0.6) is 0 Å². The minimum atomic E-state index is -0.225. The van der Waals surface area contributed by atoms with E-state index < -0.39 is 0 Å². The third-order valence-electron chi connectivity index (χ3n) is 3.61. The minimum Gasteiger partial charge on any atom is -0.370 e. The highest BCUT2D eigenvalue weighted by molar-refractivity contribution is 5.73. The molecule has 0 atom stereocenters. The molecule has 0 aromatic carbocycles. The SMILES string of the molecule is CN(CCCNCCC(N)=O)C1CCCCC1. The van der Waals surface area contributed by atoms with Gasteiger partial charge in [-0.2, -0.15) is 0 Å². The summed E-state index contributed by atoms with van der Waals surface area (Å²) in [6.45, 7) is 2.83. The van der Waals surface area contributed by atoms with Gasteiger partial charge in [0.1, 0.15) is 0 Å². The van der Waals surface area contributed by atoms with E-state index in [4.69, 9.17) is 5.73 Å². The summed E-state index contributed by atoms with van der Waals surface area (Å²) < 4.78 is 0. The maximum atomic E-state index is 10.5. The van der Waals surface area contributed by atoms with Crippen molar-refractivity contribution >= 4 is 5.91 Å². The normalized spacial score (nSPS) is 17.5. The highest BCUT2D eigenvalue weighted by Gasteiger charge is 2.16. The predicted molar refractivity (Wildman–Crippen MR) is 70.8 cm³/mol. The van der Waals surface area contributed by atoms with Crippen LogP contribution >= 0.6 is 0 Å². The molecule has 17 heavy (non-hydrogen) atoms. The molecule has 0 unspecified atom stereocenters. The number of carbonyl (C=O) groups excluding carboxylic acids is 1. The molecule has 0 aliphatic heterocycles. The molecule has 1 saturated carbocycles. The molecule has 0 heterocycles. The van der Waals surface area contributed by atoms with E-state index in [1.807, 2.05) is 0 Å². The summed E-state index contributed by atoms with van der Waals surface area (Å²) in [5.74, 6) is -0.225. The van der Waals surface area contributed by atoms with Crippen LogP contribution in [0.4, 0.5) is 0 Å². The lowest BCUT2D eigenvalue weighted by Crippen LogP contribution is -2.35. The predicted octanol–water partition coefficient (Wildman–Crippen LogP) is 1.11. The summed E-state index contributed by atoms with van der Waals surface area (Å²) >= 11 is 0. The van der Waals surface area contributed by atoms with Gasteiger partial charge in [0, 0.05) is 19.0 Å². The molecule has 1 rings (SSSR count). The van der Waals surface area contributed by atoms with Gasteiger partial charge in [-0.25, -0.2) is 0 Å². The summed E-state index contributed by atoms with van der Waals surface area (Å²) in [6.07, 6.45) is 8.53. The average Bonchev–Trinajstić information content (AvgIpc) is 2.34. The lowest BCUT2D eigenvalue weighted by atomic mass is 9.94. The molecule has 0 aromatic rings. The smallest absolute Gasteiger partial charge is 0.218 e. The molecule has 100 valence electrons. The van der Waals surface area contributed by atoms with Gasteiger partial charge in [0.25, 0.3) is 0 Å². The van der Waals surface area contributed by atoms with Crippen molar-refractivity contribution in [1.82, 2.24) is 10.2 Å². The molecular weight excluding hydrogens is 214 g/mol. The minimum absolute atomic E-state index is 0.225. The van der Waals surface area contributed by atoms with Crippen LogP contribution in [0.15, 0.2) is 0 Å². The molecule has 1 amide bonds. The Balaban J connectivity index is 1.96. The van der Waals surface area contributed by atoms with Gasteiger partial charge in [0.2, 0.25) is 5.91 Å².